The Morgan fingerprint density at radius 1 is 0.970 bits per heavy atom. The summed E-state index contributed by atoms with van der Waals surface area (Å²) in [6.07, 6.45) is 7.44. The first-order valence-corrected chi connectivity index (χ1v) is 12.5. The summed E-state index contributed by atoms with van der Waals surface area (Å²) in [6.45, 7) is 9.17. The van der Waals surface area contributed by atoms with Crippen molar-refractivity contribution in [2.75, 3.05) is 50.7 Å². The monoisotopic (exact) mass is 443 g/mol. The van der Waals surface area contributed by atoms with E-state index in [1.807, 2.05) is 10.7 Å². The van der Waals surface area contributed by atoms with Gasteiger partial charge in [-0.3, -0.25) is 4.79 Å². The van der Waals surface area contributed by atoms with E-state index in [0.717, 1.165) is 51.1 Å². The van der Waals surface area contributed by atoms with Crippen molar-refractivity contribution < 1.29 is 4.79 Å². The Labute approximate surface area is 195 Å². The highest BCUT2D eigenvalue weighted by Crippen LogP contribution is 2.33. The van der Waals surface area contributed by atoms with Crippen molar-refractivity contribution in [3.8, 4) is 11.1 Å². The van der Waals surface area contributed by atoms with E-state index in [1.165, 1.54) is 41.9 Å². The lowest BCUT2D eigenvalue weighted by atomic mass is 9.96. The van der Waals surface area contributed by atoms with E-state index in [4.69, 9.17) is 0 Å². The lowest BCUT2D eigenvalue weighted by molar-refractivity contribution is -0.132. The minimum atomic E-state index is 0.308. The van der Waals surface area contributed by atoms with Crippen LogP contribution in [-0.2, 0) is 4.79 Å². The van der Waals surface area contributed by atoms with E-state index in [-0.39, 0.29) is 0 Å². The molecule has 0 radical (unpaired) electrons. The van der Waals surface area contributed by atoms with E-state index in [9.17, 15) is 4.79 Å². The van der Waals surface area contributed by atoms with E-state index in [0.29, 0.717) is 17.7 Å². The van der Waals surface area contributed by atoms with Gasteiger partial charge in [0.1, 0.15) is 0 Å². The molecule has 2 aromatic heterocycles. The SMILES string of the molecule is CCN1CC[C@@H](c2ccc(-c3cc4c(N5CCN(C(=O)C6CC6)CC5)ccnn4c3)cc2)C1. The number of hydrogen-bond acceptors (Lipinski definition) is 4. The molecule has 1 aromatic carbocycles. The molecule has 1 atom stereocenters. The topological polar surface area (TPSA) is 44.1 Å². The van der Waals surface area contributed by atoms with Gasteiger partial charge < -0.3 is 14.7 Å². The number of likely N-dealkylation sites (N-methyl/N-ethyl adjacent to an activating group) is 1. The maximum Gasteiger partial charge on any atom is 0.225 e. The second-order valence-electron chi connectivity index (χ2n) is 9.86. The molecular formula is C27H33N5O. The Hall–Kier alpha value is -2.86. The molecule has 0 N–H and O–H groups in total. The molecule has 4 heterocycles. The molecule has 33 heavy (non-hydrogen) atoms. The van der Waals surface area contributed by atoms with Crippen molar-refractivity contribution >= 4 is 17.1 Å². The van der Waals surface area contributed by atoms with Gasteiger partial charge in [-0.1, -0.05) is 31.2 Å². The first-order chi connectivity index (χ1) is 16.2. The summed E-state index contributed by atoms with van der Waals surface area (Å²) in [6, 6.07) is 13.5. The molecule has 0 bridgehead atoms. The summed E-state index contributed by atoms with van der Waals surface area (Å²) in [5, 5.41) is 4.58. The van der Waals surface area contributed by atoms with Gasteiger partial charge in [0.05, 0.1) is 11.2 Å². The van der Waals surface area contributed by atoms with E-state index in [1.54, 1.807) is 0 Å². The van der Waals surface area contributed by atoms with Gasteiger partial charge in [0, 0.05) is 56.6 Å². The quantitative estimate of drug-likeness (QED) is 0.601. The van der Waals surface area contributed by atoms with Crippen LogP contribution in [-0.4, -0.2) is 71.1 Å². The van der Waals surface area contributed by atoms with Gasteiger partial charge in [0.2, 0.25) is 5.91 Å². The van der Waals surface area contributed by atoms with Crippen LogP contribution in [0, 0.1) is 5.92 Å². The fourth-order valence-electron chi connectivity index (χ4n) is 5.52. The van der Waals surface area contributed by atoms with Crippen LogP contribution in [0.2, 0.25) is 0 Å². The minimum absolute atomic E-state index is 0.308. The van der Waals surface area contributed by atoms with Gasteiger partial charge in [-0.05, 0) is 61.5 Å². The molecule has 2 saturated heterocycles. The van der Waals surface area contributed by atoms with Crippen molar-refractivity contribution in [1.82, 2.24) is 19.4 Å². The van der Waals surface area contributed by atoms with Crippen molar-refractivity contribution in [3.05, 3.63) is 54.4 Å². The summed E-state index contributed by atoms with van der Waals surface area (Å²) in [7, 11) is 0. The van der Waals surface area contributed by atoms with Gasteiger partial charge in [-0.25, -0.2) is 4.52 Å². The number of likely N-dealkylation sites (tertiary alicyclic amines) is 1. The number of benzene rings is 1. The van der Waals surface area contributed by atoms with Gasteiger partial charge in [0.25, 0.3) is 0 Å². The average Bonchev–Trinajstić information content (AvgIpc) is 3.44. The van der Waals surface area contributed by atoms with E-state index >= 15 is 0 Å². The van der Waals surface area contributed by atoms with Crippen LogP contribution in [0.15, 0.2) is 48.8 Å². The highest BCUT2D eigenvalue weighted by Gasteiger charge is 2.34. The molecular weight excluding hydrogens is 410 g/mol. The van der Waals surface area contributed by atoms with Crippen molar-refractivity contribution in [2.45, 2.75) is 32.1 Å². The smallest absolute Gasteiger partial charge is 0.225 e. The van der Waals surface area contributed by atoms with Crippen LogP contribution in [0.3, 0.4) is 0 Å². The van der Waals surface area contributed by atoms with Crippen LogP contribution in [0.4, 0.5) is 5.69 Å². The van der Waals surface area contributed by atoms with Gasteiger partial charge >= 0.3 is 0 Å². The van der Waals surface area contributed by atoms with Crippen LogP contribution in [0.5, 0.6) is 0 Å². The molecule has 2 aliphatic heterocycles. The molecule has 6 nitrogen and oxygen atoms in total. The second-order valence-corrected chi connectivity index (χ2v) is 9.86. The van der Waals surface area contributed by atoms with Crippen LogP contribution in [0.1, 0.15) is 37.7 Å². The molecule has 1 saturated carbocycles. The first kappa shape index (κ1) is 20.7. The third-order valence-corrected chi connectivity index (χ3v) is 7.78. The van der Waals surface area contributed by atoms with Gasteiger partial charge in [-0.15, -0.1) is 0 Å². The normalized spacial score (nSPS) is 21.8. The molecule has 3 aromatic rings. The zero-order valence-electron chi connectivity index (χ0n) is 19.5. The zero-order chi connectivity index (χ0) is 22.4. The maximum absolute atomic E-state index is 12.4. The number of carbonyl (C=O) groups excluding carboxylic acids is 1. The predicted molar refractivity (Wildman–Crippen MR) is 132 cm³/mol. The number of aromatic nitrogens is 2. The van der Waals surface area contributed by atoms with Crippen molar-refractivity contribution in [2.24, 2.45) is 5.92 Å². The van der Waals surface area contributed by atoms with Crippen LogP contribution < -0.4 is 4.90 Å². The maximum atomic E-state index is 12.4. The summed E-state index contributed by atoms with van der Waals surface area (Å²) in [4.78, 5) is 19.4. The molecule has 6 rings (SSSR count). The molecule has 1 aliphatic carbocycles. The Morgan fingerprint density at radius 2 is 1.76 bits per heavy atom. The standard InChI is InChI=1S/C27H33N5O/c1-2-29-12-10-23(18-29)20-3-5-21(6-4-20)24-17-26-25(9-11-28-32(26)19-24)30-13-15-31(16-14-30)27(33)22-7-8-22/h3-6,9,11,17,19,22-23H,2,7-8,10,12-16,18H2,1H3/t23-/m1/s1. The summed E-state index contributed by atoms with van der Waals surface area (Å²) in [5.74, 6) is 1.33. The third kappa shape index (κ3) is 4.01. The van der Waals surface area contributed by atoms with Crippen molar-refractivity contribution in [3.63, 3.8) is 0 Å². The summed E-state index contributed by atoms with van der Waals surface area (Å²) < 4.78 is 2.00. The number of carbonyl (C=O) groups is 1. The molecule has 0 unspecified atom stereocenters. The van der Waals surface area contributed by atoms with E-state index in [2.05, 4.69) is 69.3 Å². The molecule has 3 aliphatic rings. The van der Waals surface area contributed by atoms with Gasteiger partial charge in [0.15, 0.2) is 0 Å². The lowest BCUT2D eigenvalue weighted by Crippen LogP contribution is -2.49. The largest absolute Gasteiger partial charge is 0.366 e. The highest BCUT2D eigenvalue weighted by atomic mass is 16.2. The minimum Gasteiger partial charge on any atom is -0.366 e. The number of rotatable bonds is 5. The zero-order valence-corrected chi connectivity index (χ0v) is 19.5. The number of hydrogen-bond donors (Lipinski definition) is 0. The number of fused-ring (bicyclic) bond motifs is 1. The number of nitrogens with zero attached hydrogens (tertiary/aromatic N) is 5. The molecule has 3 fully saturated rings. The number of amides is 1. The molecule has 0 spiro atoms. The lowest BCUT2D eigenvalue weighted by Gasteiger charge is -2.36. The van der Waals surface area contributed by atoms with Crippen LogP contribution in [0.25, 0.3) is 16.6 Å². The van der Waals surface area contributed by atoms with Crippen LogP contribution >= 0.6 is 0 Å². The number of anilines is 1. The Bertz CT molecular complexity index is 1140. The second kappa shape index (κ2) is 8.49. The fraction of sp³-hybridized carbons (Fsp3) is 0.481. The Morgan fingerprint density at radius 3 is 2.45 bits per heavy atom. The van der Waals surface area contributed by atoms with E-state index < -0.39 is 0 Å². The predicted octanol–water partition coefficient (Wildman–Crippen LogP) is 3.87. The number of piperazine rings is 1. The average molecular weight is 444 g/mol. The molecule has 1 amide bonds. The van der Waals surface area contributed by atoms with Crippen molar-refractivity contribution in [1.29, 1.82) is 0 Å². The fourth-order valence-corrected chi connectivity index (χ4v) is 5.52. The van der Waals surface area contributed by atoms with Gasteiger partial charge in [-0.2, -0.15) is 5.10 Å². The highest BCUT2D eigenvalue weighted by molar-refractivity contribution is 5.82. The third-order valence-electron chi connectivity index (χ3n) is 7.78. The summed E-state index contributed by atoms with van der Waals surface area (Å²) >= 11 is 0. The Balaban J connectivity index is 1.20. The summed E-state index contributed by atoms with van der Waals surface area (Å²) in [5.41, 5.74) is 6.23. The molecule has 6 heteroatoms. The molecule has 172 valence electrons. The first-order valence-electron chi connectivity index (χ1n) is 12.5. The Kier molecular flexibility index (Phi) is 5.33.